The summed E-state index contributed by atoms with van der Waals surface area (Å²) in [5, 5.41) is 0. The van der Waals surface area contributed by atoms with E-state index in [1.54, 1.807) is 0 Å². The molecule has 0 unspecified atom stereocenters. The fourth-order valence-electron chi connectivity index (χ4n) is 3.88. The van der Waals surface area contributed by atoms with Crippen LogP contribution >= 0.6 is 0 Å². The SMILES string of the molecule is O=S1(=O)C2(C=CC13CCCC3)CCCCC2. The second kappa shape index (κ2) is 3.34. The Labute approximate surface area is 98.0 Å². The van der Waals surface area contributed by atoms with Crippen LogP contribution in [0.15, 0.2) is 12.2 Å². The summed E-state index contributed by atoms with van der Waals surface area (Å²) < 4.78 is 24.7. The maximum atomic E-state index is 12.8. The molecule has 2 saturated carbocycles. The van der Waals surface area contributed by atoms with Crippen LogP contribution in [0.4, 0.5) is 0 Å². The Morgan fingerprint density at radius 2 is 1.06 bits per heavy atom. The van der Waals surface area contributed by atoms with Gasteiger partial charge < -0.3 is 0 Å². The minimum absolute atomic E-state index is 0.454. The number of hydrogen-bond donors (Lipinski definition) is 0. The van der Waals surface area contributed by atoms with Gasteiger partial charge in [-0.15, -0.1) is 0 Å². The van der Waals surface area contributed by atoms with Crippen LogP contribution < -0.4 is 0 Å². The fourth-order valence-corrected chi connectivity index (χ4v) is 6.84. The van der Waals surface area contributed by atoms with Crippen LogP contribution in [0.3, 0.4) is 0 Å². The van der Waals surface area contributed by atoms with E-state index in [2.05, 4.69) is 12.2 Å². The summed E-state index contributed by atoms with van der Waals surface area (Å²) in [6.45, 7) is 0. The highest BCUT2D eigenvalue weighted by Crippen LogP contribution is 2.53. The van der Waals surface area contributed by atoms with Gasteiger partial charge in [-0.3, -0.25) is 0 Å². The second-order valence-electron chi connectivity index (χ2n) is 5.73. The molecule has 0 amide bonds. The van der Waals surface area contributed by atoms with Crippen molar-refractivity contribution in [3.05, 3.63) is 12.2 Å². The molecule has 1 aliphatic heterocycles. The highest BCUT2D eigenvalue weighted by Gasteiger charge is 2.58. The predicted molar refractivity (Wildman–Crippen MR) is 65.1 cm³/mol. The summed E-state index contributed by atoms with van der Waals surface area (Å²) in [7, 11) is -2.96. The number of sulfone groups is 1. The fraction of sp³-hybridized carbons (Fsp3) is 0.846. The van der Waals surface area contributed by atoms with Gasteiger partial charge in [0.2, 0.25) is 0 Å². The average molecular weight is 240 g/mol. The predicted octanol–water partition coefficient (Wildman–Crippen LogP) is 2.99. The Morgan fingerprint density at radius 3 is 1.50 bits per heavy atom. The molecule has 0 saturated heterocycles. The lowest BCUT2D eigenvalue weighted by atomic mass is 9.87. The Balaban J connectivity index is 2.03. The first-order chi connectivity index (χ1) is 7.62. The van der Waals surface area contributed by atoms with Crippen molar-refractivity contribution in [2.24, 2.45) is 0 Å². The molecule has 90 valence electrons. The van der Waals surface area contributed by atoms with E-state index < -0.39 is 19.3 Å². The van der Waals surface area contributed by atoms with Crippen molar-refractivity contribution in [3.63, 3.8) is 0 Å². The summed E-state index contributed by atoms with van der Waals surface area (Å²) in [5.74, 6) is 0. The third kappa shape index (κ3) is 1.15. The largest absolute Gasteiger partial charge is 0.227 e. The lowest BCUT2D eigenvalue weighted by Crippen LogP contribution is -2.45. The van der Waals surface area contributed by atoms with E-state index in [0.29, 0.717) is 0 Å². The molecule has 2 aliphatic carbocycles. The van der Waals surface area contributed by atoms with E-state index in [1.807, 2.05) is 0 Å². The van der Waals surface area contributed by atoms with Crippen molar-refractivity contribution in [2.75, 3.05) is 0 Å². The average Bonchev–Trinajstić information content (AvgIpc) is 2.83. The summed E-state index contributed by atoms with van der Waals surface area (Å²) >= 11 is 0. The zero-order valence-electron chi connectivity index (χ0n) is 9.74. The Hall–Kier alpha value is -0.310. The van der Waals surface area contributed by atoms with E-state index >= 15 is 0 Å². The number of rotatable bonds is 0. The van der Waals surface area contributed by atoms with Gasteiger partial charge in [-0.05, 0) is 25.7 Å². The van der Waals surface area contributed by atoms with Crippen LogP contribution in [0.25, 0.3) is 0 Å². The van der Waals surface area contributed by atoms with Gasteiger partial charge in [0.15, 0.2) is 9.84 Å². The molecule has 16 heavy (non-hydrogen) atoms. The Bertz CT molecular complexity index is 407. The standard InChI is InChI=1S/C13H20O2S/c14-16(15)12(6-2-1-3-7-12)10-11-13(16)8-4-5-9-13/h10-11H,1-9H2. The second-order valence-corrected chi connectivity index (χ2v) is 8.37. The van der Waals surface area contributed by atoms with Gasteiger partial charge in [0.1, 0.15) is 0 Å². The molecule has 3 heteroatoms. The summed E-state index contributed by atoms with van der Waals surface area (Å²) in [4.78, 5) is 0. The van der Waals surface area contributed by atoms with Crippen LogP contribution in [0.5, 0.6) is 0 Å². The highest BCUT2D eigenvalue weighted by atomic mass is 32.2. The van der Waals surface area contributed by atoms with E-state index in [4.69, 9.17) is 0 Å². The van der Waals surface area contributed by atoms with E-state index in [9.17, 15) is 8.42 Å². The van der Waals surface area contributed by atoms with E-state index in [-0.39, 0.29) is 0 Å². The van der Waals surface area contributed by atoms with Gasteiger partial charge in [0, 0.05) is 0 Å². The molecule has 2 spiro atoms. The van der Waals surface area contributed by atoms with Gasteiger partial charge in [0.25, 0.3) is 0 Å². The monoisotopic (exact) mass is 240 g/mol. The molecule has 2 nitrogen and oxygen atoms in total. The van der Waals surface area contributed by atoms with Crippen LogP contribution in [0.1, 0.15) is 57.8 Å². The van der Waals surface area contributed by atoms with Crippen molar-refractivity contribution in [1.82, 2.24) is 0 Å². The smallest absolute Gasteiger partial charge is 0.168 e. The van der Waals surface area contributed by atoms with Gasteiger partial charge in [0.05, 0.1) is 9.49 Å². The first-order valence-electron chi connectivity index (χ1n) is 6.57. The zero-order chi connectivity index (χ0) is 11.3. The molecule has 0 aromatic rings. The zero-order valence-corrected chi connectivity index (χ0v) is 10.6. The quantitative estimate of drug-likeness (QED) is 0.610. The highest BCUT2D eigenvalue weighted by molar-refractivity contribution is 7.94. The first kappa shape index (κ1) is 10.8. The summed E-state index contributed by atoms with van der Waals surface area (Å²) in [6, 6.07) is 0. The van der Waals surface area contributed by atoms with Crippen LogP contribution in [0.2, 0.25) is 0 Å². The molecule has 0 aromatic carbocycles. The molecule has 3 aliphatic rings. The normalized spacial score (nSPS) is 33.8. The Morgan fingerprint density at radius 1 is 0.688 bits per heavy atom. The molecule has 0 N–H and O–H groups in total. The van der Waals surface area contributed by atoms with Crippen molar-refractivity contribution in [3.8, 4) is 0 Å². The molecular weight excluding hydrogens is 220 g/mol. The molecule has 1 heterocycles. The minimum Gasteiger partial charge on any atom is -0.227 e. The topological polar surface area (TPSA) is 34.1 Å². The van der Waals surface area contributed by atoms with Crippen molar-refractivity contribution >= 4 is 9.84 Å². The lowest BCUT2D eigenvalue weighted by molar-refractivity contribution is 0.422. The third-order valence-corrected chi connectivity index (χ3v) is 8.14. The third-order valence-electron chi connectivity index (χ3n) is 4.91. The maximum Gasteiger partial charge on any atom is 0.168 e. The maximum absolute atomic E-state index is 12.8. The van der Waals surface area contributed by atoms with E-state index in [0.717, 1.165) is 51.4 Å². The molecule has 0 atom stereocenters. The van der Waals surface area contributed by atoms with Gasteiger partial charge in [-0.2, -0.15) is 0 Å². The molecular formula is C13H20O2S. The number of hydrogen-bond acceptors (Lipinski definition) is 2. The molecule has 0 radical (unpaired) electrons. The van der Waals surface area contributed by atoms with Crippen molar-refractivity contribution in [2.45, 2.75) is 67.3 Å². The summed E-state index contributed by atoms with van der Waals surface area (Å²) in [6.07, 6.45) is 13.1. The van der Waals surface area contributed by atoms with Crippen LogP contribution in [0, 0.1) is 0 Å². The minimum atomic E-state index is -2.96. The molecule has 3 rings (SSSR count). The van der Waals surface area contributed by atoms with Gasteiger partial charge in [-0.25, -0.2) is 8.42 Å². The molecule has 2 fully saturated rings. The Kier molecular flexibility index (Phi) is 2.26. The van der Waals surface area contributed by atoms with E-state index in [1.165, 1.54) is 6.42 Å². The van der Waals surface area contributed by atoms with Gasteiger partial charge >= 0.3 is 0 Å². The van der Waals surface area contributed by atoms with Crippen LogP contribution in [-0.4, -0.2) is 17.9 Å². The summed E-state index contributed by atoms with van der Waals surface area (Å²) in [5.41, 5.74) is 0. The molecule has 0 aromatic heterocycles. The van der Waals surface area contributed by atoms with Crippen LogP contribution in [-0.2, 0) is 9.84 Å². The molecule has 0 bridgehead atoms. The van der Waals surface area contributed by atoms with Crippen molar-refractivity contribution < 1.29 is 8.42 Å². The lowest BCUT2D eigenvalue weighted by Gasteiger charge is -2.35. The van der Waals surface area contributed by atoms with Gasteiger partial charge in [-0.1, -0.05) is 44.3 Å². The van der Waals surface area contributed by atoms with Crippen molar-refractivity contribution in [1.29, 1.82) is 0 Å². The first-order valence-corrected chi connectivity index (χ1v) is 8.05.